The van der Waals surface area contributed by atoms with Crippen LogP contribution in [0.4, 0.5) is 5.13 Å². The Hall–Kier alpha value is -0.750. The topological polar surface area (TPSA) is 59.2 Å². The molecule has 0 spiro atoms. The lowest BCUT2D eigenvalue weighted by Gasteiger charge is -2.22. The average Bonchev–Trinajstić information content (AvgIpc) is 2.82. The van der Waals surface area contributed by atoms with Crippen molar-refractivity contribution in [3.05, 3.63) is 6.20 Å². The van der Waals surface area contributed by atoms with Crippen molar-refractivity contribution in [1.29, 1.82) is 0 Å². The molecule has 0 aliphatic heterocycles. The number of thioether (sulfide) groups is 1. The van der Waals surface area contributed by atoms with E-state index >= 15 is 0 Å². The summed E-state index contributed by atoms with van der Waals surface area (Å²) in [6.07, 6.45) is 6.13. The number of hydrogen-bond acceptors (Lipinski definition) is 5. The number of anilines is 1. The second-order valence-electron chi connectivity index (χ2n) is 4.39. The Morgan fingerprint density at radius 1 is 1.37 bits per heavy atom. The summed E-state index contributed by atoms with van der Waals surface area (Å²) in [5.41, 5.74) is 5.57. The molecule has 0 aliphatic rings. The Labute approximate surface area is 123 Å². The molecule has 0 saturated carbocycles. The number of amides is 1. The van der Waals surface area contributed by atoms with Crippen molar-refractivity contribution in [2.24, 2.45) is 0 Å². The average molecular weight is 301 g/mol. The third kappa shape index (κ3) is 6.29. The first-order valence-electron chi connectivity index (χ1n) is 6.79. The van der Waals surface area contributed by atoms with E-state index in [9.17, 15) is 4.79 Å². The van der Waals surface area contributed by atoms with E-state index in [1.807, 2.05) is 4.90 Å². The van der Waals surface area contributed by atoms with Crippen LogP contribution in [0.1, 0.15) is 39.5 Å². The highest BCUT2D eigenvalue weighted by atomic mass is 32.2. The maximum absolute atomic E-state index is 12.2. The minimum Gasteiger partial charge on any atom is -0.375 e. The van der Waals surface area contributed by atoms with E-state index in [4.69, 9.17) is 5.73 Å². The molecular formula is C13H23N3OS2. The number of rotatable bonds is 9. The van der Waals surface area contributed by atoms with Crippen molar-refractivity contribution in [2.45, 2.75) is 43.7 Å². The molecule has 0 aliphatic carbocycles. The van der Waals surface area contributed by atoms with E-state index in [0.29, 0.717) is 10.9 Å². The fourth-order valence-electron chi connectivity index (χ4n) is 1.62. The first-order valence-corrected chi connectivity index (χ1v) is 8.59. The second kappa shape index (κ2) is 9.20. The number of nitrogen functional groups attached to an aromatic ring is 1. The number of unbranched alkanes of at least 4 members (excludes halogenated alkanes) is 2. The lowest BCUT2D eigenvalue weighted by molar-refractivity contribution is -0.128. The summed E-state index contributed by atoms with van der Waals surface area (Å²) in [6, 6.07) is 0. The van der Waals surface area contributed by atoms with Crippen LogP contribution in [0.2, 0.25) is 0 Å². The van der Waals surface area contributed by atoms with E-state index in [1.165, 1.54) is 23.1 Å². The van der Waals surface area contributed by atoms with Gasteiger partial charge in [-0.3, -0.25) is 4.79 Å². The van der Waals surface area contributed by atoms with Gasteiger partial charge in [-0.15, -0.1) is 11.8 Å². The maximum atomic E-state index is 12.2. The number of hydrogen-bond donors (Lipinski definition) is 1. The van der Waals surface area contributed by atoms with Crippen molar-refractivity contribution in [3.63, 3.8) is 0 Å². The molecule has 4 nitrogen and oxygen atoms in total. The first-order chi connectivity index (χ1) is 9.17. The van der Waals surface area contributed by atoms with Crippen LogP contribution in [-0.2, 0) is 4.79 Å². The fraction of sp³-hybridized carbons (Fsp3) is 0.692. The maximum Gasteiger partial charge on any atom is 0.232 e. The summed E-state index contributed by atoms with van der Waals surface area (Å²) in [5.74, 6) is 0.702. The lowest BCUT2D eigenvalue weighted by atomic mass is 10.2. The molecule has 19 heavy (non-hydrogen) atoms. The van der Waals surface area contributed by atoms with E-state index < -0.39 is 0 Å². The van der Waals surface area contributed by atoms with Gasteiger partial charge >= 0.3 is 0 Å². The number of nitrogens with zero attached hydrogens (tertiary/aromatic N) is 2. The van der Waals surface area contributed by atoms with Crippen LogP contribution < -0.4 is 5.73 Å². The number of carbonyl (C=O) groups excluding carboxylic acids is 1. The molecule has 2 N–H and O–H groups in total. The van der Waals surface area contributed by atoms with Gasteiger partial charge in [-0.05, 0) is 12.8 Å². The van der Waals surface area contributed by atoms with Gasteiger partial charge in [0.2, 0.25) is 5.91 Å². The number of nitrogens with two attached hydrogens (primary N) is 1. The van der Waals surface area contributed by atoms with Gasteiger partial charge in [0.25, 0.3) is 0 Å². The van der Waals surface area contributed by atoms with Gasteiger partial charge in [0.1, 0.15) is 0 Å². The standard InChI is InChI=1S/C13H23N3OS2/c1-3-5-7-16(8-6-4-2)11(17)10-18-12-9-15-13(14)19-12/h9H,3-8,10H2,1-2H3,(H2,14,15). The Morgan fingerprint density at radius 2 is 2.00 bits per heavy atom. The minimum atomic E-state index is 0.221. The van der Waals surface area contributed by atoms with Crippen LogP contribution in [0.25, 0.3) is 0 Å². The minimum absolute atomic E-state index is 0.221. The fourth-order valence-corrected chi connectivity index (χ4v) is 3.28. The smallest absolute Gasteiger partial charge is 0.232 e. The van der Waals surface area contributed by atoms with Crippen LogP contribution >= 0.6 is 23.1 Å². The molecule has 0 saturated heterocycles. The number of aromatic nitrogens is 1. The molecule has 0 radical (unpaired) electrons. The van der Waals surface area contributed by atoms with E-state index in [2.05, 4.69) is 18.8 Å². The van der Waals surface area contributed by atoms with Gasteiger partial charge in [-0.25, -0.2) is 4.98 Å². The molecule has 108 valence electrons. The monoisotopic (exact) mass is 301 g/mol. The normalized spacial score (nSPS) is 10.6. The Kier molecular flexibility index (Phi) is 7.90. The van der Waals surface area contributed by atoms with Gasteiger partial charge in [-0.1, -0.05) is 38.0 Å². The second-order valence-corrected chi connectivity index (χ2v) is 6.73. The van der Waals surface area contributed by atoms with Crippen LogP contribution in [0.5, 0.6) is 0 Å². The van der Waals surface area contributed by atoms with E-state index in [-0.39, 0.29) is 5.91 Å². The molecule has 6 heteroatoms. The van der Waals surface area contributed by atoms with Crippen LogP contribution in [-0.4, -0.2) is 34.6 Å². The molecule has 0 atom stereocenters. The molecule has 1 rings (SSSR count). The number of thiazole rings is 1. The quantitative estimate of drug-likeness (QED) is 0.711. The molecule has 0 bridgehead atoms. The van der Waals surface area contributed by atoms with Crippen LogP contribution in [0.3, 0.4) is 0 Å². The van der Waals surface area contributed by atoms with Crippen molar-refractivity contribution in [3.8, 4) is 0 Å². The lowest BCUT2D eigenvalue weighted by Crippen LogP contribution is -2.34. The molecule has 0 fully saturated rings. The van der Waals surface area contributed by atoms with Crippen LogP contribution in [0.15, 0.2) is 10.4 Å². The van der Waals surface area contributed by atoms with Crippen molar-refractivity contribution in [1.82, 2.24) is 9.88 Å². The Morgan fingerprint density at radius 3 is 2.47 bits per heavy atom. The predicted octanol–water partition coefficient (Wildman–Crippen LogP) is 3.25. The highest BCUT2D eigenvalue weighted by Gasteiger charge is 2.13. The summed E-state index contributed by atoms with van der Waals surface area (Å²) >= 11 is 2.97. The Balaban J connectivity index is 2.41. The van der Waals surface area contributed by atoms with Crippen molar-refractivity contribution in [2.75, 3.05) is 24.6 Å². The third-order valence-corrected chi connectivity index (χ3v) is 4.76. The molecule has 1 aromatic heterocycles. The predicted molar refractivity (Wildman–Crippen MR) is 83.6 cm³/mol. The van der Waals surface area contributed by atoms with Crippen LogP contribution in [0, 0.1) is 0 Å². The third-order valence-electron chi connectivity index (χ3n) is 2.76. The van der Waals surface area contributed by atoms with Gasteiger partial charge in [0.15, 0.2) is 5.13 Å². The van der Waals surface area contributed by atoms with Crippen molar-refractivity contribution >= 4 is 34.1 Å². The summed E-state index contributed by atoms with van der Waals surface area (Å²) in [5, 5.41) is 0.559. The molecule has 0 unspecified atom stereocenters. The molecule has 1 heterocycles. The summed E-state index contributed by atoms with van der Waals surface area (Å²) < 4.78 is 1.01. The highest BCUT2D eigenvalue weighted by molar-refractivity contribution is 8.01. The Bertz CT molecular complexity index is 374. The zero-order valence-corrected chi connectivity index (χ0v) is 13.4. The highest BCUT2D eigenvalue weighted by Crippen LogP contribution is 2.26. The van der Waals surface area contributed by atoms with E-state index in [0.717, 1.165) is 43.0 Å². The molecule has 1 amide bonds. The summed E-state index contributed by atoms with van der Waals surface area (Å²) in [4.78, 5) is 18.2. The molecular weight excluding hydrogens is 278 g/mol. The van der Waals surface area contributed by atoms with Gasteiger partial charge in [-0.2, -0.15) is 0 Å². The zero-order chi connectivity index (χ0) is 14.1. The zero-order valence-electron chi connectivity index (χ0n) is 11.7. The largest absolute Gasteiger partial charge is 0.375 e. The van der Waals surface area contributed by atoms with Gasteiger partial charge < -0.3 is 10.6 Å². The van der Waals surface area contributed by atoms with Crippen molar-refractivity contribution < 1.29 is 4.79 Å². The first kappa shape index (κ1) is 16.3. The number of carbonyl (C=O) groups is 1. The van der Waals surface area contributed by atoms with E-state index in [1.54, 1.807) is 6.20 Å². The van der Waals surface area contributed by atoms with Gasteiger partial charge in [0.05, 0.1) is 16.2 Å². The van der Waals surface area contributed by atoms with Gasteiger partial charge in [0, 0.05) is 13.1 Å². The summed E-state index contributed by atoms with van der Waals surface area (Å²) in [7, 11) is 0. The summed E-state index contributed by atoms with van der Waals surface area (Å²) in [6.45, 7) is 6.05. The molecule has 0 aromatic carbocycles. The SMILES string of the molecule is CCCCN(CCCC)C(=O)CSc1cnc(N)s1. The molecule has 1 aromatic rings.